The lowest BCUT2D eigenvalue weighted by atomic mass is 9.99. The Morgan fingerprint density at radius 3 is 0.967 bits per heavy atom. The van der Waals surface area contributed by atoms with Gasteiger partial charge in [0.05, 0.1) is 26.4 Å². The summed E-state index contributed by atoms with van der Waals surface area (Å²) in [6, 6.07) is 0. The van der Waals surface area contributed by atoms with Crippen LogP contribution in [0.15, 0.2) is 24.3 Å². The Morgan fingerprint density at radius 2 is 0.641 bits per heavy atom. The minimum atomic E-state index is -4.96. The molecule has 0 aliphatic carbocycles. The molecule has 542 valence electrons. The molecule has 92 heavy (non-hydrogen) atoms. The molecule has 0 fully saturated rings. The molecule has 0 aromatic carbocycles. The molecule has 4 unspecified atom stereocenters. The first-order valence-electron chi connectivity index (χ1n) is 37.2. The third kappa shape index (κ3) is 64.9. The standard InChI is InChI=1S/C73H138O17P2/c1-8-10-11-12-13-14-15-16-17-18-23-26-34-42-49-56-72(77)89-69(61-84-71(76)55-48-41-36-29-31-38-45-52-65(5)6)63-88-92(81,82)86-59-67(74)58-85-91(79,80)87-62-68(90-73(78)57-50-43-35-28-27-32-39-46-53-66(7)9-2)60-83-70(75)54-47-40-33-25-22-20-19-21-24-30-37-44-51-64(3)4/h14-17,64-69,74H,8-13,18-63H2,1-7H3,(H,79,80)(H,81,82)/b15-14-,17-16-/t66?,67?,68-,69-/m1/s1. The Balaban J connectivity index is 5.28. The van der Waals surface area contributed by atoms with Crippen LogP contribution in [-0.4, -0.2) is 96.7 Å². The molecule has 0 spiro atoms. The van der Waals surface area contributed by atoms with Crippen LogP contribution < -0.4 is 0 Å². The van der Waals surface area contributed by atoms with E-state index in [-0.39, 0.29) is 25.7 Å². The average Bonchev–Trinajstić information content (AvgIpc) is 3.21. The largest absolute Gasteiger partial charge is 0.472 e. The number of esters is 4. The highest BCUT2D eigenvalue weighted by atomic mass is 31.2. The molecule has 0 amide bonds. The summed E-state index contributed by atoms with van der Waals surface area (Å²) in [7, 11) is -9.92. The molecule has 19 heteroatoms. The minimum absolute atomic E-state index is 0.0838. The second-order valence-electron chi connectivity index (χ2n) is 26.8. The lowest BCUT2D eigenvalue weighted by Gasteiger charge is -2.21. The number of unbranched alkanes of at least 4 members (excludes halogenated alkanes) is 33. The summed E-state index contributed by atoms with van der Waals surface area (Å²) in [6.45, 7) is 11.8. The topological polar surface area (TPSA) is 237 Å². The Morgan fingerprint density at radius 1 is 0.359 bits per heavy atom. The number of hydrogen-bond acceptors (Lipinski definition) is 15. The number of hydrogen-bond donors (Lipinski definition) is 3. The predicted octanol–water partition coefficient (Wildman–Crippen LogP) is 20.6. The van der Waals surface area contributed by atoms with Gasteiger partial charge in [0.15, 0.2) is 12.2 Å². The van der Waals surface area contributed by atoms with Crippen LogP contribution in [-0.2, 0) is 65.4 Å². The summed E-state index contributed by atoms with van der Waals surface area (Å²) in [6.07, 6.45) is 50.8. The molecular weight excluding hydrogens is 1210 g/mol. The Labute approximate surface area is 561 Å². The number of aliphatic hydroxyl groups excluding tert-OH is 1. The van der Waals surface area contributed by atoms with Crippen molar-refractivity contribution in [1.82, 2.24) is 0 Å². The molecule has 0 saturated carbocycles. The molecule has 0 radical (unpaired) electrons. The maximum absolute atomic E-state index is 13.0. The highest BCUT2D eigenvalue weighted by Crippen LogP contribution is 2.45. The van der Waals surface area contributed by atoms with E-state index in [0.29, 0.717) is 31.6 Å². The highest BCUT2D eigenvalue weighted by molar-refractivity contribution is 7.47. The Hall–Kier alpha value is -2.46. The van der Waals surface area contributed by atoms with Gasteiger partial charge in [0.2, 0.25) is 0 Å². The van der Waals surface area contributed by atoms with Gasteiger partial charge in [-0.05, 0) is 69.1 Å². The summed E-state index contributed by atoms with van der Waals surface area (Å²) in [4.78, 5) is 72.6. The van der Waals surface area contributed by atoms with E-state index in [2.05, 4.69) is 72.8 Å². The van der Waals surface area contributed by atoms with Gasteiger partial charge in [-0.15, -0.1) is 0 Å². The lowest BCUT2D eigenvalue weighted by Crippen LogP contribution is -2.30. The summed E-state index contributed by atoms with van der Waals surface area (Å²) >= 11 is 0. The van der Waals surface area contributed by atoms with Gasteiger partial charge in [-0.3, -0.25) is 37.3 Å². The molecule has 17 nitrogen and oxygen atoms in total. The van der Waals surface area contributed by atoms with Crippen LogP contribution in [0.25, 0.3) is 0 Å². The predicted molar refractivity (Wildman–Crippen MR) is 372 cm³/mol. The highest BCUT2D eigenvalue weighted by Gasteiger charge is 2.30. The third-order valence-corrected chi connectivity index (χ3v) is 18.5. The zero-order chi connectivity index (χ0) is 68.0. The minimum Gasteiger partial charge on any atom is -0.462 e. The van der Waals surface area contributed by atoms with E-state index < -0.39 is 97.5 Å². The van der Waals surface area contributed by atoms with Crippen LogP contribution in [0.4, 0.5) is 0 Å². The van der Waals surface area contributed by atoms with Crippen molar-refractivity contribution >= 4 is 39.5 Å². The summed E-state index contributed by atoms with van der Waals surface area (Å²) in [5.41, 5.74) is 0. The van der Waals surface area contributed by atoms with Crippen molar-refractivity contribution in [2.24, 2.45) is 17.8 Å². The van der Waals surface area contributed by atoms with Crippen LogP contribution in [0, 0.1) is 17.8 Å². The van der Waals surface area contributed by atoms with E-state index in [4.69, 9.17) is 37.0 Å². The average molecular weight is 1350 g/mol. The summed E-state index contributed by atoms with van der Waals surface area (Å²) < 4.78 is 68.3. The summed E-state index contributed by atoms with van der Waals surface area (Å²) in [5, 5.41) is 10.6. The van der Waals surface area contributed by atoms with Gasteiger partial charge in [-0.1, -0.05) is 291 Å². The van der Waals surface area contributed by atoms with Crippen LogP contribution in [0.2, 0.25) is 0 Å². The van der Waals surface area contributed by atoms with Gasteiger partial charge < -0.3 is 33.8 Å². The molecule has 6 atom stereocenters. The number of aliphatic hydroxyl groups is 1. The Bertz CT molecular complexity index is 1900. The van der Waals surface area contributed by atoms with Gasteiger partial charge in [0, 0.05) is 25.7 Å². The molecule has 0 saturated heterocycles. The van der Waals surface area contributed by atoms with E-state index in [0.717, 1.165) is 121 Å². The molecule has 0 aliphatic rings. The SMILES string of the molecule is CCCCCC/C=C\C=C/CCCCCCCC(=O)O[C@H](COC(=O)CCCCCCCCCC(C)C)COP(=O)(O)OCC(O)COP(=O)(O)OC[C@@H](COC(=O)CCCCCCCCCCCCCCC(C)C)OC(=O)CCCCCCCCCCC(C)CC. The van der Waals surface area contributed by atoms with E-state index >= 15 is 0 Å². The molecular formula is C73H138O17P2. The lowest BCUT2D eigenvalue weighted by molar-refractivity contribution is -0.161. The number of allylic oxidation sites excluding steroid dienone is 4. The maximum atomic E-state index is 13.0. The van der Waals surface area contributed by atoms with Crippen LogP contribution in [0.3, 0.4) is 0 Å². The first kappa shape index (κ1) is 89.5. The van der Waals surface area contributed by atoms with Gasteiger partial charge in [0.1, 0.15) is 19.3 Å². The van der Waals surface area contributed by atoms with Gasteiger partial charge >= 0.3 is 39.5 Å². The van der Waals surface area contributed by atoms with E-state index in [1.54, 1.807) is 0 Å². The van der Waals surface area contributed by atoms with Crippen molar-refractivity contribution in [2.75, 3.05) is 39.6 Å². The summed E-state index contributed by atoms with van der Waals surface area (Å²) in [5.74, 6) is 0.0951. The molecule has 0 aromatic heterocycles. The third-order valence-electron chi connectivity index (χ3n) is 16.6. The number of phosphoric ester groups is 2. The quantitative estimate of drug-likeness (QED) is 0.0169. The molecule has 0 bridgehead atoms. The van der Waals surface area contributed by atoms with Crippen molar-refractivity contribution in [2.45, 2.75) is 362 Å². The molecule has 0 rings (SSSR count). The van der Waals surface area contributed by atoms with Gasteiger partial charge in [-0.2, -0.15) is 0 Å². The fourth-order valence-electron chi connectivity index (χ4n) is 10.5. The molecule has 0 aromatic rings. The fraction of sp³-hybridized carbons (Fsp3) is 0.890. The molecule has 0 heterocycles. The monoisotopic (exact) mass is 1350 g/mol. The zero-order valence-corrected chi connectivity index (χ0v) is 61.3. The van der Waals surface area contributed by atoms with Crippen molar-refractivity contribution in [3.63, 3.8) is 0 Å². The van der Waals surface area contributed by atoms with Crippen LogP contribution >= 0.6 is 15.6 Å². The van der Waals surface area contributed by atoms with E-state index in [9.17, 15) is 43.2 Å². The first-order valence-corrected chi connectivity index (χ1v) is 40.2. The normalized spacial score (nSPS) is 14.6. The fourth-order valence-corrected chi connectivity index (χ4v) is 12.1. The van der Waals surface area contributed by atoms with Crippen molar-refractivity contribution in [1.29, 1.82) is 0 Å². The number of rotatable bonds is 69. The number of carbonyl (C=O) groups excluding carboxylic acids is 4. The number of phosphoric acid groups is 2. The first-order chi connectivity index (χ1) is 44.3. The molecule has 0 aliphatic heterocycles. The zero-order valence-electron chi connectivity index (χ0n) is 59.5. The van der Waals surface area contributed by atoms with Gasteiger partial charge in [0.25, 0.3) is 0 Å². The smallest absolute Gasteiger partial charge is 0.462 e. The van der Waals surface area contributed by atoms with Crippen molar-refractivity contribution in [3.05, 3.63) is 24.3 Å². The van der Waals surface area contributed by atoms with E-state index in [1.807, 2.05) is 0 Å². The number of carbonyl (C=O) groups is 4. The molecule has 3 N–H and O–H groups in total. The second kappa shape index (κ2) is 63.3. The van der Waals surface area contributed by atoms with Gasteiger partial charge in [-0.25, -0.2) is 9.13 Å². The van der Waals surface area contributed by atoms with E-state index in [1.165, 1.54) is 135 Å². The Kier molecular flexibility index (Phi) is 61.6. The second-order valence-corrected chi connectivity index (χ2v) is 29.7. The van der Waals surface area contributed by atoms with Crippen molar-refractivity contribution in [3.8, 4) is 0 Å². The van der Waals surface area contributed by atoms with Crippen LogP contribution in [0.5, 0.6) is 0 Å². The van der Waals surface area contributed by atoms with Crippen LogP contribution in [0.1, 0.15) is 344 Å². The van der Waals surface area contributed by atoms with Crippen molar-refractivity contribution < 1.29 is 80.2 Å². The number of ether oxygens (including phenoxy) is 4. The maximum Gasteiger partial charge on any atom is 0.472 e.